The molecule has 0 saturated heterocycles. The van der Waals surface area contributed by atoms with Crippen LogP contribution in [-0.4, -0.2) is 53.7 Å². The van der Waals surface area contributed by atoms with Crippen molar-refractivity contribution in [2.75, 3.05) is 18.9 Å². The molecule has 6 nitrogen and oxygen atoms in total. The molecular formula is C7H16KNO5S. The first kappa shape index (κ1) is 18.8. The fraction of sp³-hybridized carbons (Fsp3) is 1.00. The van der Waals surface area contributed by atoms with Gasteiger partial charge in [-0.05, 0) is 13.8 Å². The van der Waals surface area contributed by atoms with Crippen LogP contribution in [0.2, 0.25) is 0 Å². The second kappa shape index (κ2) is 7.69. The molecule has 3 N–H and O–H groups in total. The summed E-state index contributed by atoms with van der Waals surface area (Å²) in [5.41, 5.74) is -0.604. The van der Waals surface area contributed by atoms with Crippen molar-refractivity contribution in [1.29, 1.82) is 0 Å². The van der Waals surface area contributed by atoms with Crippen LogP contribution in [0.5, 0.6) is 0 Å². The molecule has 0 aliphatic carbocycles. The standard InChI is InChI=1S/C7H17NO5S.K/c1-7(2,5-9)8-3-6(10)4-14(11,12)13;/h6,8-10H,3-5H2,1-2H3,(H,11,12,13);/q;+1/p-1. The van der Waals surface area contributed by atoms with E-state index in [0.29, 0.717) is 0 Å². The molecule has 0 rings (SSSR count). The smallest absolute Gasteiger partial charge is 0.748 e. The number of aliphatic hydroxyl groups is 2. The molecule has 0 aliphatic heterocycles. The van der Waals surface area contributed by atoms with E-state index in [1.54, 1.807) is 13.8 Å². The van der Waals surface area contributed by atoms with Gasteiger partial charge in [-0.25, -0.2) is 8.42 Å². The Bertz CT molecular complexity index is 267. The summed E-state index contributed by atoms with van der Waals surface area (Å²) in [5.74, 6) is -0.818. The molecule has 1 unspecified atom stereocenters. The van der Waals surface area contributed by atoms with E-state index in [2.05, 4.69) is 5.32 Å². The minimum absolute atomic E-state index is 0. The molecule has 0 bridgehead atoms. The quantitative estimate of drug-likeness (QED) is 0.329. The summed E-state index contributed by atoms with van der Waals surface area (Å²) in [6.07, 6.45) is -1.25. The summed E-state index contributed by atoms with van der Waals surface area (Å²) in [7, 11) is -4.40. The molecule has 0 aromatic rings. The Hall–Kier alpha value is 1.43. The Morgan fingerprint density at radius 1 is 1.47 bits per heavy atom. The Morgan fingerprint density at radius 2 is 1.93 bits per heavy atom. The van der Waals surface area contributed by atoms with Gasteiger partial charge in [0, 0.05) is 12.1 Å². The van der Waals surface area contributed by atoms with Crippen LogP contribution in [-0.2, 0) is 10.1 Å². The number of hydrogen-bond donors (Lipinski definition) is 3. The Morgan fingerprint density at radius 3 is 2.27 bits per heavy atom. The molecule has 0 aliphatic rings. The van der Waals surface area contributed by atoms with Gasteiger partial charge < -0.3 is 20.1 Å². The average Bonchev–Trinajstić information content (AvgIpc) is 1.98. The third kappa shape index (κ3) is 11.7. The topological polar surface area (TPSA) is 110 Å². The number of aliphatic hydroxyl groups excluding tert-OH is 2. The monoisotopic (exact) mass is 265 g/mol. The fourth-order valence-corrected chi connectivity index (χ4v) is 1.33. The number of β-amino-alcohol motifs (C(OH)–C–C–N with tert-alkyl or cyclic N) is 1. The minimum Gasteiger partial charge on any atom is -0.748 e. The van der Waals surface area contributed by atoms with Gasteiger partial charge in [0.15, 0.2) is 0 Å². The maximum absolute atomic E-state index is 10.2. The first-order valence-corrected chi connectivity index (χ1v) is 5.71. The normalized spacial score (nSPS) is 14.5. The predicted octanol–water partition coefficient (Wildman–Crippen LogP) is -4.74. The van der Waals surface area contributed by atoms with Gasteiger partial charge in [0.05, 0.1) is 28.6 Å². The molecule has 15 heavy (non-hydrogen) atoms. The van der Waals surface area contributed by atoms with Crippen LogP contribution in [0, 0.1) is 0 Å². The zero-order chi connectivity index (χ0) is 11.4. The molecule has 86 valence electrons. The second-order valence-corrected chi connectivity index (χ2v) is 5.25. The molecule has 0 radical (unpaired) electrons. The van der Waals surface area contributed by atoms with Gasteiger partial charge in [-0.15, -0.1) is 0 Å². The van der Waals surface area contributed by atoms with Crippen molar-refractivity contribution < 1.29 is 74.6 Å². The van der Waals surface area contributed by atoms with Crippen molar-refractivity contribution in [3.05, 3.63) is 0 Å². The van der Waals surface area contributed by atoms with Gasteiger partial charge in [0.1, 0.15) is 0 Å². The minimum atomic E-state index is -4.40. The fourth-order valence-electron chi connectivity index (χ4n) is 0.745. The van der Waals surface area contributed by atoms with E-state index in [0.717, 1.165) is 0 Å². The average molecular weight is 265 g/mol. The first-order chi connectivity index (χ1) is 6.16. The summed E-state index contributed by atoms with van der Waals surface area (Å²) < 4.78 is 30.7. The summed E-state index contributed by atoms with van der Waals surface area (Å²) >= 11 is 0. The zero-order valence-corrected chi connectivity index (χ0v) is 13.2. The van der Waals surface area contributed by atoms with Crippen LogP contribution in [0.15, 0.2) is 0 Å². The van der Waals surface area contributed by atoms with Gasteiger partial charge in [-0.1, -0.05) is 0 Å². The van der Waals surface area contributed by atoms with Crippen LogP contribution in [0.25, 0.3) is 0 Å². The molecule has 0 fully saturated rings. The van der Waals surface area contributed by atoms with Gasteiger partial charge >= 0.3 is 51.4 Å². The van der Waals surface area contributed by atoms with E-state index in [1.165, 1.54) is 0 Å². The van der Waals surface area contributed by atoms with E-state index in [1.807, 2.05) is 0 Å². The van der Waals surface area contributed by atoms with Crippen LogP contribution in [0.3, 0.4) is 0 Å². The molecule has 0 aromatic heterocycles. The number of nitrogens with one attached hydrogen (secondary N) is 1. The Kier molecular flexibility index (Phi) is 9.64. The van der Waals surface area contributed by atoms with Gasteiger partial charge in [0.2, 0.25) is 0 Å². The third-order valence-corrected chi connectivity index (χ3v) is 2.40. The number of rotatable bonds is 6. The molecule has 0 spiro atoms. The Balaban J connectivity index is 0. The van der Waals surface area contributed by atoms with Crippen LogP contribution >= 0.6 is 0 Å². The van der Waals surface area contributed by atoms with Crippen molar-refractivity contribution >= 4 is 10.1 Å². The van der Waals surface area contributed by atoms with Crippen LogP contribution < -0.4 is 56.7 Å². The van der Waals surface area contributed by atoms with Crippen molar-refractivity contribution in [3.63, 3.8) is 0 Å². The predicted molar refractivity (Wildman–Crippen MR) is 49.7 cm³/mol. The summed E-state index contributed by atoms with van der Waals surface area (Å²) in [6.45, 7) is 3.18. The van der Waals surface area contributed by atoms with E-state index in [9.17, 15) is 13.0 Å². The van der Waals surface area contributed by atoms with Crippen LogP contribution in [0.4, 0.5) is 0 Å². The maximum atomic E-state index is 10.2. The number of hydrogen-bond acceptors (Lipinski definition) is 6. The molecule has 0 aromatic carbocycles. The molecule has 1 atom stereocenters. The molecule has 0 heterocycles. The zero-order valence-electron chi connectivity index (χ0n) is 9.23. The summed E-state index contributed by atoms with van der Waals surface area (Å²) in [6, 6.07) is 0. The second-order valence-electron chi connectivity index (χ2n) is 3.80. The van der Waals surface area contributed by atoms with Gasteiger partial charge in [0.25, 0.3) is 0 Å². The Labute approximate surface area is 133 Å². The molecular weight excluding hydrogens is 249 g/mol. The summed E-state index contributed by atoms with van der Waals surface area (Å²) in [5, 5.41) is 20.7. The van der Waals surface area contributed by atoms with Gasteiger partial charge in [-0.2, -0.15) is 0 Å². The van der Waals surface area contributed by atoms with Crippen LogP contribution in [0.1, 0.15) is 13.8 Å². The van der Waals surface area contributed by atoms with Crippen molar-refractivity contribution in [2.24, 2.45) is 0 Å². The van der Waals surface area contributed by atoms with Crippen molar-refractivity contribution in [1.82, 2.24) is 5.32 Å². The first-order valence-electron chi connectivity index (χ1n) is 4.14. The van der Waals surface area contributed by atoms with E-state index < -0.39 is 27.5 Å². The van der Waals surface area contributed by atoms with E-state index in [-0.39, 0.29) is 64.5 Å². The van der Waals surface area contributed by atoms with Crippen molar-refractivity contribution in [3.8, 4) is 0 Å². The molecule has 0 amide bonds. The molecule has 0 saturated carbocycles. The third-order valence-electron chi connectivity index (χ3n) is 1.61. The van der Waals surface area contributed by atoms with Crippen molar-refractivity contribution in [2.45, 2.75) is 25.5 Å². The summed E-state index contributed by atoms with van der Waals surface area (Å²) in [4.78, 5) is 0. The molecule has 8 heteroatoms. The van der Waals surface area contributed by atoms with E-state index >= 15 is 0 Å². The van der Waals surface area contributed by atoms with Gasteiger partial charge in [-0.3, -0.25) is 0 Å². The SMILES string of the molecule is CC(C)(CO)NCC(O)CS(=O)(=O)[O-].[K+]. The largest absolute Gasteiger partial charge is 1.00 e. The van der Waals surface area contributed by atoms with E-state index in [4.69, 9.17) is 10.2 Å². The maximum Gasteiger partial charge on any atom is 1.00 e.